The van der Waals surface area contributed by atoms with Gasteiger partial charge in [0.1, 0.15) is 0 Å². The standard InChI is InChI=1S/C9H13NO2S.ClH/c1-2-7-13(11,12)9-5-3-8(10)4-6-9;/h3-6H,2,7,10H2,1H3;1H. The van der Waals surface area contributed by atoms with E-state index in [-0.39, 0.29) is 18.2 Å². The molecule has 0 aromatic heterocycles. The lowest BCUT2D eigenvalue weighted by Gasteiger charge is -2.02. The minimum atomic E-state index is -3.08. The summed E-state index contributed by atoms with van der Waals surface area (Å²) in [5, 5.41) is 0. The Kier molecular flexibility index (Phi) is 4.94. The quantitative estimate of drug-likeness (QED) is 0.814. The second kappa shape index (κ2) is 5.22. The molecule has 0 saturated carbocycles. The molecule has 0 bridgehead atoms. The van der Waals surface area contributed by atoms with Gasteiger partial charge in [0.25, 0.3) is 0 Å². The highest BCUT2D eigenvalue weighted by Crippen LogP contribution is 2.13. The largest absolute Gasteiger partial charge is 0.399 e. The van der Waals surface area contributed by atoms with Crippen LogP contribution in [0.1, 0.15) is 13.3 Å². The summed E-state index contributed by atoms with van der Waals surface area (Å²) < 4.78 is 23.0. The molecule has 1 rings (SSSR count). The summed E-state index contributed by atoms with van der Waals surface area (Å²) in [4.78, 5) is 0.351. The molecule has 1 aromatic carbocycles. The van der Waals surface area contributed by atoms with E-state index in [4.69, 9.17) is 5.73 Å². The first-order valence-corrected chi connectivity index (χ1v) is 5.80. The minimum absolute atomic E-state index is 0. The van der Waals surface area contributed by atoms with Crippen molar-refractivity contribution < 1.29 is 8.42 Å². The number of sulfone groups is 1. The molecule has 2 N–H and O–H groups in total. The van der Waals surface area contributed by atoms with Crippen molar-refractivity contribution >= 4 is 27.9 Å². The zero-order valence-corrected chi connectivity index (χ0v) is 9.57. The summed E-state index contributed by atoms with van der Waals surface area (Å²) in [5.41, 5.74) is 6.03. The Morgan fingerprint density at radius 2 is 1.71 bits per heavy atom. The Bertz CT molecular complexity index is 372. The van der Waals surface area contributed by atoms with Gasteiger partial charge in [-0.2, -0.15) is 0 Å². The summed E-state index contributed by atoms with van der Waals surface area (Å²) in [7, 11) is -3.08. The molecule has 0 heterocycles. The molecule has 0 aliphatic rings. The van der Waals surface area contributed by atoms with E-state index in [1.165, 1.54) is 0 Å². The third-order valence-corrected chi connectivity index (χ3v) is 3.65. The topological polar surface area (TPSA) is 60.2 Å². The van der Waals surface area contributed by atoms with Crippen molar-refractivity contribution in [2.75, 3.05) is 11.5 Å². The van der Waals surface area contributed by atoms with Gasteiger partial charge in [0.15, 0.2) is 9.84 Å². The number of nitrogens with two attached hydrogens (primary N) is 1. The molecule has 0 unspecified atom stereocenters. The van der Waals surface area contributed by atoms with Crippen molar-refractivity contribution in [1.29, 1.82) is 0 Å². The summed E-state index contributed by atoms with van der Waals surface area (Å²) in [6.07, 6.45) is 0.632. The highest BCUT2D eigenvalue weighted by atomic mass is 35.5. The fraction of sp³-hybridized carbons (Fsp3) is 0.333. The van der Waals surface area contributed by atoms with Crippen LogP contribution in [0.15, 0.2) is 29.2 Å². The van der Waals surface area contributed by atoms with Crippen LogP contribution in [-0.4, -0.2) is 14.2 Å². The number of hydrogen-bond acceptors (Lipinski definition) is 3. The van der Waals surface area contributed by atoms with Gasteiger partial charge in [0.05, 0.1) is 10.6 Å². The van der Waals surface area contributed by atoms with Gasteiger partial charge in [-0.3, -0.25) is 0 Å². The van der Waals surface area contributed by atoms with Crippen LogP contribution in [0.3, 0.4) is 0 Å². The molecular weight excluding hydrogens is 222 g/mol. The van der Waals surface area contributed by atoms with Crippen LogP contribution in [0.25, 0.3) is 0 Å². The van der Waals surface area contributed by atoms with Crippen LogP contribution in [0.5, 0.6) is 0 Å². The Morgan fingerprint density at radius 1 is 1.21 bits per heavy atom. The number of hydrogen-bond donors (Lipinski definition) is 1. The van der Waals surface area contributed by atoms with E-state index in [1.807, 2.05) is 6.92 Å². The number of anilines is 1. The molecule has 5 heteroatoms. The average molecular weight is 236 g/mol. The Labute approximate surface area is 90.6 Å². The molecule has 0 aliphatic heterocycles. The van der Waals surface area contributed by atoms with Gasteiger partial charge in [-0.05, 0) is 30.7 Å². The molecule has 1 aromatic rings. The van der Waals surface area contributed by atoms with Gasteiger partial charge in [-0.1, -0.05) is 6.92 Å². The lowest BCUT2D eigenvalue weighted by molar-refractivity contribution is 0.595. The van der Waals surface area contributed by atoms with Gasteiger partial charge < -0.3 is 5.73 Å². The Morgan fingerprint density at radius 3 is 2.14 bits per heavy atom. The van der Waals surface area contributed by atoms with Gasteiger partial charge in [0.2, 0.25) is 0 Å². The van der Waals surface area contributed by atoms with Crippen LogP contribution in [-0.2, 0) is 9.84 Å². The van der Waals surface area contributed by atoms with Crippen LogP contribution in [0, 0.1) is 0 Å². The van der Waals surface area contributed by atoms with Crippen LogP contribution < -0.4 is 5.73 Å². The van der Waals surface area contributed by atoms with E-state index in [2.05, 4.69) is 0 Å². The van der Waals surface area contributed by atoms with Crippen molar-refractivity contribution in [3.05, 3.63) is 24.3 Å². The van der Waals surface area contributed by atoms with Crippen molar-refractivity contribution in [3.63, 3.8) is 0 Å². The Balaban J connectivity index is 0.00000169. The van der Waals surface area contributed by atoms with Crippen molar-refractivity contribution in [1.82, 2.24) is 0 Å². The highest BCUT2D eigenvalue weighted by Gasteiger charge is 2.11. The second-order valence-corrected chi connectivity index (χ2v) is 5.00. The molecule has 0 atom stereocenters. The summed E-state index contributed by atoms with van der Waals surface area (Å²) in [6, 6.07) is 6.28. The maximum absolute atomic E-state index is 11.5. The molecule has 0 amide bonds. The number of benzene rings is 1. The predicted octanol–water partition coefficient (Wildman–Crippen LogP) is 1.87. The number of rotatable bonds is 3. The summed E-state index contributed by atoms with van der Waals surface area (Å²) >= 11 is 0. The van der Waals surface area contributed by atoms with Crippen LogP contribution in [0.4, 0.5) is 5.69 Å². The van der Waals surface area contributed by atoms with Crippen molar-refractivity contribution in [2.24, 2.45) is 0 Å². The molecular formula is C9H14ClNO2S. The van der Waals surface area contributed by atoms with Crippen LogP contribution >= 0.6 is 12.4 Å². The number of nitrogen functional groups attached to an aromatic ring is 1. The van der Waals surface area contributed by atoms with Crippen LogP contribution in [0.2, 0.25) is 0 Å². The van der Waals surface area contributed by atoms with E-state index in [0.29, 0.717) is 17.0 Å². The van der Waals surface area contributed by atoms with Crippen molar-refractivity contribution in [2.45, 2.75) is 18.2 Å². The molecule has 80 valence electrons. The molecule has 0 aliphatic carbocycles. The first-order valence-electron chi connectivity index (χ1n) is 4.14. The van der Waals surface area contributed by atoms with Gasteiger partial charge in [-0.25, -0.2) is 8.42 Å². The smallest absolute Gasteiger partial charge is 0.178 e. The SMILES string of the molecule is CCCS(=O)(=O)c1ccc(N)cc1.Cl. The van der Waals surface area contributed by atoms with E-state index >= 15 is 0 Å². The average Bonchev–Trinajstić information content (AvgIpc) is 2.05. The monoisotopic (exact) mass is 235 g/mol. The maximum atomic E-state index is 11.5. The molecule has 14 heavy (non-hydrogen) atoms. The molecule has 0 saturated heterocycles. The fourth-order valence-electron chi connectivity index (χ4n) is 1.06. The predicted molar refractivity (Wildman–Crippen MR) is 60.4 cm³/mol. The van der Waals surface area contributed by atoms with Gasteiger partial charge >= 0.3 is 0 Å². The molecule has 0 radical (unpaired) electrons. The van der Waals surface area contributed by atoms with E-state index in [0.717, 1.165) is 0 Å². The normalized spacial score (nSPS) is 10.6. The molecule has 3 nitrogen and oxygen atoms in total. The van der Waals surface area contributed by atoms with Crippen molar-refractivity contribution in [3.8, 4) is 0 Å². The maximum Gasteiger partial charge on any atom is 0.178 e. The molecule has 0 fully saturated rings. The third-order valence-electron chi connectivity index (χ3n) is 1.71. The first-order chi connectivity index (χ1) is 6.06. The highest BCUT2D eigenvalue weighted by molar-refractivity contribution is 7.91. The lowest BCUT2D eigenvalue weighted by Crippen LogP contribution is -2.05. The lowest BCUT2D eigenvalue weighted by atomic mass is 10.3. The minimum Gasteiger partial charge on any atom is -0.399 e. The van der Waals surface area contributed by atoms with Gasteiger partial charge in [-0.15, -0.1) is 12.4 Å². The fourth-order valence-corrected chi connectivity index (χ4v) is 2.39. The van der Waals surface area contributed by atoms with Gasteiger partial charge in [0, 0.05) is 5.69 Å². The molecule has 0 spiro atoms. The third kappa shape index (κ3) is 3.20. The van der Waals surface area contributed by atoms with E-state index < -0.39 is 9.84 Å². The summed E-state index contributed by atoms with van der Waals surface area (Å²) in [6.45, 7) is 1.84. The van der Waals surface area contributed by atoms with E-state index in [9.17, 15) is 8.42 Å². The number of halogens is 1. The van der Waals surface area contributed by atoms with E-state index in [1.54, 1.807) is 24.3 Å². The zero-order valence-electron chi connectivity index (χ0n) is 7.93. The Hall–Kier alpha value is -0.740. The first kappa shape index (κ1) is 13.3. The zero-order chi connectivity index (χ0) is 9.90. The summed E-state index contributed by atoms with van der Waals surface area (Å²) in [5.74, 6) is 0.191. The second-order valence-electron chi connectivity index (χ2n) is 2.89.